The number of rotatable bonds is 2. The van der Waals surface area contributed by atoms with Gasteiger partial charge in [0.25, 0.3) is 0 Å². The minimum Gasteiger partial charge on any atom is -0.481 e. The van der Waals surface area contributed by atoms with Crippen molar-refractivity contribution in [1.29, 1.82) is 0 Å². The Morgan fingerprint density at radius 3 is 2.56 bits per heavy atom. The number of halogens is 2. The summed E-state index contributed by atoms with van der Waals surface area (Å²) in [6, 6.07) is 3.31. The van der Waals surface area contributed by atoms with Gasteiger partial charge in [0.05, 0.1) is 5.41 Å². The molecule has 0 aromatic heterocycles. The number of hydrogen-bond donors (Lipinski definition) is 2. The summed E-state index contributed by atoms with van der Waals surface area (Å²) in [6.07, 6.45) is 0.283. The molecule has 2 rings (SSSR count). The summed E-state index contributed by atoms with van der Waals surface area (Å²) >= 11 is 0. The fraction of sp³-hybridized carbons (Fsp3) is 0.364. The van der Waals surface area contributed by atoms with Gasteiger partial charge in [0.1, 0.15) is 0 Å². The summed E-state index contributed by atoms with van der Waals surface area (Å²) in [4.78, 5) is 11.2. The van der Waals surface area contributed by atoms with Gasteiger partial charge >= 0.3 is 5.97 Å². The van der Waals surface area contributed by atoms with Crippen LogP contribution in [0.3, 0.4) is 0 Å². The van der Waals surface area contributed by atoms with Gasteiger partial charge < -0.3 is 10.8 Å². The summed E-state index contributed by atoms with van der Waals surface area (Å²) in [6.45, 7) is 0. The van der Waals surface area contributed by atoms with Crippen LogP contribution in [0.15, 0.2) is 18.2 Å². The highest BCUT2D eigenvalue weighted by molar-refractivity contribution is 5.83. The van der Waals surface area contributed by atoms with Gasteiger partial charge in [0.2, 0.25) is 0 Å². The first kappa shape index (κ1) is 11.0. The first-order valence-electron chi connectivity index (χ1n) is 4.91. The molecule has 1 aliphatic rings. The molecule has 0 unspecified atom stereocenters. The van der Waals surface area contributed by atoms with Crippen molar-refractivity contribution in [1.82, 2.24) is 0 Å². The van der Waals surface area contributed by atoms with Crippen molar-refractivity contribution in [2.75, 3.05) is 0 Å². The van der Waals surface area contributed by atoms with Crippen LogP contribution in [-0.4, -0.2) is 17.1 Å². The molecule has 0 radical (unpaired) electrons. The quantitative estimate of drug-likeness (QED) is 0.802. The standard InChI is InChI=1S/C11H11F2NO2/c12-8-3-1-2-7(9(8)13)11(10(15)16)4-6(14)5-11/h1-3,6H,4-5,14H2,(H,15,16). The topological polar surface area (TPSA) is 63.3 Å². The van der Waals surface area contributed by atoms with Crippen LogP contribution in [0.2, 0.25) is 0 Å². The molecule has 1 aromatic rings. The van der Waals surface area contributed by atoms with E-state index in [2.05, 4.69) is 0 Å². The molecule has 0 saturated heterocycles. The Hall–Kier alpha value is -1.49. The summed E-state index contributed by atoms with van der Waals surface area (Å²) in [5.41, 5.74) is 4.07. The fourth-order valence-corrected chi connectivity index (χ4v) is 2.22. The third-order valence-corrected chi connectivity index (χ3v) is 3.10. The fourth-order valence-electron chi connectivity index (χ4n) is 2.22. The van der Waals surface area contributed by atoms with Gasteiger partial charge in [0.15, 0.2) is 11.6 Å². The second-order valence-electron chi connectivity index (χ2n) is 4.16. The van der Waals surface area contributed by atoms with Crippen LogP contribution in [0.25, 0.3) is 0 Å². The van der Waals surface area contributed by atoms with Gasteiger partial charge in [-0.1, -0.05) is 12.1 Å². The van der Waals surface area contributed by atoms with Gasteiger partial charge in [-0.3, -0.25) is 4.79 Å². The number of aliphatic carboxylic acids is 1. The van der Waals surface area contributed by atoms with Gasteiger partial charge in [-0.15, -0.1) is 0 Å². The zero-order valence-corrected chi connectivity index (χ0v) is 8.41. The largest absolute Gasteiger partial charge is 0.481 e. The van der Waals surface area contributed by atoms with Crippen LogP contribution < -0.4 is 5.73 Å². The minimum absolute atomic E-state index is 0.110. The van der Waals surface area contributed by atoms with Crippen LogP contribution in [0.5, 0.6) is 0 Å². The zero-order chi connectivity index (χ0) is 11.9. The van der Waals surface area contributed by atoms with Crippen molar-refractivity contribution in [2.24, 2.45) is 5.73 Å². The summed E-state index contributed by atoms with van der Waals surface area (Å²) in [5, 5.41) is 9.13. The van der Waals surface area contributed by atoms with Crippen molar-refractivity contribution in [3.63, 3.8) is 0 Å². The summed E-state index contributed by atoms with van der Waals surface area (Å²) in [7, 11) is 0. The average molecular weight is 227 g/mol. The molecule has 0 amide bonds. The molecule has 86 valence electrons. The Morgan fingerprint density at radius 2 is 2.06 bits per heavy atom. The van der Waals surface area contributed by atoms with E-state index in [1.807, 2.05) is 0 Å². The Labute approximate surface area is 90.9 Å². The molecule has 0 heterocycles. The third-order valence-electron chi connectivity index (χ3n) is 3.10. The molecule has 1 saturated carbocycles. The predicted octanol–water partition coefficient (Wildman–Crippen LogP) is 1.41. The molecule has 0 bridgehead atoms. The Kier molecular flexibility index (Phi) is 2.42. The lowest BCUT2D eigenvalue weighted by Crippen LogP contribution is -2.54. The van der Waals surface area contributed by atoms with Gasteiger partial charge in [-0.05, 0) is 18.9 Å². The molecule has 0 spiro atoms. The second-order valence-corrected chi connectivity index (χ2v) is 4.16. The predicted molar refractivity (Wildman–Crippen MR) is 52.9 cm³/mol. The summed E-state index contributed by atoms with van der Waals surface area (Å²) in [5.74, 6) is -3.27. The molecule has 3 N–H and O–H groups in total. The van der Waals surface area contributed by atoms with E-state index in [4.69, 9.17) is 10.8 Å². The molecule has 1 fully saturated rings. The van der Waals surface area contributed by atoms with Crippen molar-refractivity contribution in [2.45, 2.75) is 24.3 Å². The molecule has 1 aromatic carbocycles. The van der Waals surface area contributed by atoms with E-state index in [-0.39, 0.29) is 24.4 Å². The highest BCUT2D eigenvalue weighted by atomic mass is 19.2. The normalized spacial score (nSPS) is 28.6. The van der Waals surface area contributed by atoms with E-state index in [0.717, 1.165) is 6.07 Å². The highest BCUT2D eigenvalue weighted by Crippen LogP contribution is 2.44. The monoisotopic (exact) mass is 227 g/mol. The van der Waals surface area contributed by atoms with Gasteiger partial charge in [-0.25, -0.2) is 8.78 Å². The van der Waals surface area contributed by atoms with Gasteiger partial charge in [-0.2, -0.15) is 0 Å². The maximum atomic E-state index is 13.5. The number of carboxylic acid groups (broad SMARTS) is 1. The zero-order valence-electron chi connectivity index (χ0n) is 8.41. The Balaban J connectivity index is 2.49. The molecule has 0 atom stereocenters. The molecule has 3 nitrogen and oxygen atoms in total. The van der Waals surface area contributed by atoms with Crippen LogP contribution in [-0.2, 0) is 10.2 Å². The molecular formula is C11H11F2NO2. The molecule has 0 aliphatic heterocycles. The van der Waals surface area contributed by atoms with Crippen LogP contribution in [0.4, 0.5) is 8.78 Å². The van der Waals surface area contributed by atoms with E-state index in [0.29, 0.717) is 0 Å². The van der Waals surface area contributed by atoms with E-state index < -0.39 is 23.0 Å². The Bertz CT molecular complexity index is 442. The first-order valence-corrected chi connectivity index (χ1v) is 4.91. The highest BCUT2D eigenvalue weighted by Gasteiger charge is 2.52. The van der Waals surface area contributed by atoms with E-state index >= 15 is 0 Å². The van der Waals surface area contributed by atoms with Crippen LogP contribution in [0.1, 0.15) is 18.4 Å². The smallest absolute Gasteiger partial charge is 0.314 e. The maximum Gasteiger partial charge on any atom is 0.314 e. The SMILES string of the molecule is NC1CC(C(=O)O)(c2cccc(F)c2F)C1. The lowest BCUT2D eigenvalue weighted by Gasteiger charge is -2.43. The molecule has 16 heavy (non-hydrogen) atoms. The number of carboxylic acids is 1. The average Bonchev–Trinajstić information content (AvgIpc) is 2.17. The molecule has 5 heteroatoms. The Morgan fingerprint density at radius 1 is 1.44 bits per heavy atom. The van der Waals surface area contributed by atoms with Crippen molar-refractivity contribution in [3.8, 4) is 0 Å². The van der Waals surface area contributed by atoms with Crippen molar-refractivity contribution < 1.29 is 18.7 Å². The van der Waals surface area contributed by atoms with E-state index in [1.54, 1.807) is 0 Å². The van der Waals surface area contributed by atoms with Crippen LogP contribution in [0, 0.1) is 11.6 Å². The van der Waals surface area contributed by atoms with E-state index in [9.17, 15) is 13.6 Å². The minimum atomic E-state index is -1.36. The number of hydrogen-bond acceptors (Lipinski definition) is 2. The number of carbonyl (C=O) groups is 1. The number of benzene rings is 1. The summed E-state index contributed by atoms with van der Waals surface area (Å²) < 4.78 is 26.6. The molecular weight excluding hydrogens is 216 g/mol. The third kappa shape index (κ3) is 1.39. The molecule has 1 aliphatic carbocycles. The van der Waals surface area contributed by atoms with Gasteiger partial charge in [0, 0.05) is 11.6 Å². The first-order chi connectivity index (χ1) is 7.47. The van der Waals surface area contributed by atoms with Crippen molar-refractivity contribution >= 4 is 5.97 Å². The van der Waals surface area contributed by atoms with Crippen LogP contribution >= 0.6 is 0 Å². The second kappa shape index (κ2) is 3.52. The lowest BCUT2D eigenvalue weighted by atomic mass is 9.61. The van der Waals surface area contributed by atoms with E-state index in [1.165, 1.54) is 12.1 Å². The maximum absolute atomic E-state index is 13.5. The van der Waals surface area contributed by atoms with Crippen molar-refractivity contribution in [3.05, 3.63) is 35.4 Å². The number of nitrogens with two attached hydrogens (primary N) is 1. The lowest BCUT2D eigenvalue weighted by molar-refractivity contribution is -0.148.